The molecule has 0 fully saturated rings. The summed E-state index contributed by atoms with van der Waals surface area (Å²) < 4.78 is 13.5. The summed E-state index contributed by atoms with van der Waals surface area (Å²) in [4.78, 5) is 24.6. The molecule has 0 spiro atoms. The molecule has 0 aliphatic rings. The minimum atomic E-state index is -1.08. The van der Waals surface area contributed by atoms with Crippen molar-refractivity contribution in [1.29, 1.82) is 5.26 Å². The third kappa shape index (κ3) is 5.79. The minimum Gasteiger partial charge on any atom is -0.478 e. The van der Waals surface area contributed by atoms with Crippen molar-refractivity contribution in [2.24, 2.45) is 0 Å². The minimum absolute atomic E-state index is 0.0875. The molecule has 1 amide bonds. The van der Waals surface area contributed by atoms with Crippen LogP contribution in [0.4, 0.5) is 10.1 Å². The van der Waals surface area contributed by atoms with E-state index in [0.29, 0.717) is 28.8 Å². The van der Waals surface area contributed by atoms with Crippen LogP contribution in [-0.4, -0.2) is 17.0 Å². The van der Waals surface area contributed by atoms with Crippen LogP contribution in [0.5, 0.6) is 0 Å². The molecule has 0 aliphatic carbocycles. The van der Waals surface area contributed by atoms with Gasteiger partial charge in [-0.2, -0.15) is 5.26 Å². The fraction of sp³-hybridized carbons (Fsp3) is 0.0690. The fourth-order valence-corrected chi connectivity index (χ4v) is 3.88. The van der Waals surface area contributed by atoms with E-state index in [-0.39, 0.29) is 23.7 Å². The van der Waals surface area contributed by atoms with Gasteiger partial charge in [0.25, 0.3) is 5.91 Å². The number of nitrogens with zero attached hydrogens (tertiary/aromatic N) is 1. The first-order valence-electron chi connectivity index (χ1n) is 10.9. The number of hydrogen-bond acceptors (Lipinski definition) is 3. The third-order valence-electron chi connectivity index (χ3n) is 5.61. The summed E-state index contributed by atoms with van der Waals surface area (Å²) in [7, 11) is 0. The normalized spacial score (nSPS) is 10.4. The number of nitriles is 1. The van der Waals surface area contributed by atoms with Crippen LogP contribution >= 0.6 is 0 Å². The summed E-state index contributed by atoms with van der Waals surface area (Å²) >= 11 is 0. The lowest BCUT2D eigenvalue weighted by atomic mass is 9.97. The van der Waals surface area contributed by atoms with Crippen molar-refractivity contribution in [1.82, 2.24) is 0 Å². The van der Waals surface area contributed by atoms with Gasteiger partial charge in [0.2, 0.25) is 0 Å². The molecule has 0 heterocycles. The molecule has 0 saturated heterocycles. The molecule has 0 saturated carbocycles. The van der Waals surface area contributed by atoms with E-state index in [0.717, 1.165) is 16.7 Å². The Balaban J connectivity index is 1.60. The lowest BCUT2D eigenvalue weighted by Gasteiger charge is -2.14. The van der Waals surface area contributed by atoms with Gasteiger partial charge in [0.1, 0.15) is 5.82 Å². The highest BCUT2D eigenvalue weighted by Gasteiger charge is 2.14. The molecule has 0 radical (unpaired) electrons. The number of amides is 1. The highest BCUT2D eigenvalue weighted by Crippen LogP contribution is 2.24. The average Bonchev–Trinajstić information content (AvgIpc) is 2.85. The number of halogens is 1. The summed E-state index contributed by atoms with van der Waals surface area (Å²) in [5.41, 5.74) is 4.41. The van der Waals surface area contributed by atoms with Crippen LogP contribution in [0.2, 0.25) is 0 Å². The van der Waals surface area contributed by atoms with E-state index in [9.17, 15) is 24.3 Å². The molecule has 0 bridgehead atoms. The molecule has 0 atom stereocenters. The molecular weight excluding hydrogens is 443 g/mol. The number of carboxylic acids is 1. The van der Waals surface area contributed by atoms with Gasteiger partial charge >= 0.3 is 5.97 Å². The highest BCUT2D eigenvalue weighted by molar-refractivity contribution is 6.05. The second-order valence-corrected chi connectivity index (χ2v) is 8.08. The number of anilines is 1. The van der Waals surface area contributed by atoms with Crippen LogP contribution in [0.15, 0.2) is 91.0 Å². The van der Waals surface area contributed by atoms with Gasteiger partial charge in [0.05, 0.1) is 17.2 Å². The maximum absolute atomic E-state index is 13.5. The first-order valence-corrected chi connectivity index (χ1v) is 10.9. The molecule has 0 aliphatic heterocycles. The van der Waals surface area contributed by atoms with Crippen molar-refractivity contribution in [2.45, 2.75) is 12.8 Å². The van der Waals surface area contributed by atoms with Gasteiger partial charge in [0.15, 0.2) is 0 Å². The van der Waals surface area contributed by atoms with Crippen LogP contribution in [0, 0.1) is 17.1 Å². The number of carbonyl (C=O) groups excluding carboxylic acids is 1. The number of nitrogens with one attached hydrogen (secondary N) is 1. The number of hydrogen-bond donors (Lipinski definition) is 2. The molecule has 4 rings (SSSR count). The molecule has 4 aromatic carbocycles. The van der Waals surface area contributed by atoms with E-state index >= 15 is 0 Å². The van der Waals surface area contributed by atoms with Crippen LogP contribution in [-0.2, 0) is 12.8 Å². The second-order valence-electron chi connectivity index (χ2n) is 8.08. The maximum atomic E-state index is 13.5. The Morgan fingerprint density at radius 3 is 2.29 bits per heavy atom. The van der Waals surface area contributed by atoms with Crippen molar-refractivity contribution in [3.8, 4) is 6.07 Å². The smallest absolute Gasteiger partial charge is 0.335 e. The maximum Gasteiger partial charge on any atom is 0.335 e. The number of aromatic carboxylic acids is 1. The Bertz CT molecular complexity index is 1460. The van der Waals surface area contributed by atoms with Crippen LogP contribution < -0.4 is 5.32 Å². The molecular formula is C29H21FN2O3. The Morgan fingerprint density at radius 1 is 0.800 bits per heavy atom. The molecule has 35 heavy (non-hydrogen) atoms. The molecule has 0 aromatic heterocycles. The fourth-order valence-electron chi connectivity index (χ4n) is 3.88. The Kier molecular flexibility index (Phi) is 6.99. The number of carbonyl (C=O) groups is 2. The first kappa shape index (κ1) is 23.4. The van der Waals surface area contributed by atoms with Crippen molar-refractivity contribution in [2.75, 3.05) is 5.32 Å². The van der Waals surface area contributed by atoms with E-state index in [1.165, 1.54) is 24.3 Å². The zero-order chi connectivity index (χ0) is 24.8. The van der Waals surface area contributed by atoms with Crippen molar-refractivity contribution >= 4 is 17.6 Å². The van der Waals surface area contributed by atoms with Gasteiger partial charge < -0.3 is 10.4 Å². The van der Waals surface area contributed by atoms with Crippen molar-refractivity contribution in [3.05, 3.63) is 136 Å². The van der Waals surface area contributed by atoms with Crippen molar-refractivity contribution in [3.63, 3.8) is 0 Å². The van der Waals surface area contributed by atoms with Crippen LogP contribution in [0.3, 0.4) is 0 Å². The average molecular weight is 464 g/mol. The van der Waals surface area contributed by atoms with Gasteiger partial charge in [-0.25, -0.2) is 9.18 Å². The number of rotatable bonds is 7. The van der Waals surface area contributed by atoms with E-state index in [4.69, 9.17) is 0 Å². The quantitative estimate of drug-likeness (QED) is 0.360. The predicted molar refractivity (Wildman–Crippen MR) is 131 cm³/mol. The molecule has 2 N–H and O–H groups in total. The van der Waals surface area contributed by atoms with Crippen molar-refractivity contribution < 1.29 is 19.1 Å². The largest absolute Gasteiger partial charge is 0.478 e. The van der Waals surface area contributed by atoms with E-state index in [2.05, 4.69) is 11.4 Å². The zero-order valence-corrected chi connectivity index (χ0v) is 18.7. The monoisotopic (exact) mass is 464 g/mol. The van der Waals surface area contributed by atoms with Gasteiger partial charge in [-0.05, 0) is 77.2 Å². The SMILES string of the molecule is N#Cc1ccccc1Cc1cc(C(=O)O)ccc1NC(=O)c1cccc(Cc2cccc(F)c2)c1. The summed E-state index contributed by atoms with van der Waals surface area (Å²) in [6.07, 6.45) is 0.752. The van der Waals surface area contributed by atoms with Gasteiger partial charge in [-0.1, -0.05) is 42.5 Å². The van der Waals surface area contributed by atoms with E-state index in [1.54, 1.807) is 54.6 Å². The highest BCUT2D eigenvalue weighted by atomic mass is 19.1. The topological polar surface area (TPSA) is 90.2 Å². The summed E-state index contributed by atoms with van der Waals surface area (Å²) in [5.74, 6) is -1.75. The third-order valence-corrected chi connectivity index (χ3v) is 5.61. The van der Waals surface area contributed by atoms with Gasteiger partial charge in [-0.3, -0.25) is 4.79 Å². The van der Waals surface area contributed by atoms with Gasteiger partial charge in [-0.15, -0.1) is 0 Å². The van der Waals surface area contributed by atoms with Crippen LogP contribution in [0.1, 0.15) is 48.5 Å². The Hall–Kier alpha value is -4.76. The summed E-state index contributed by atoms with van der Waals surface area (Å²) in [6.45, 7) is 0. The molecule has 172 valence electrons. The lowest BCUT2D eigenvalue weighted by Crippen LogP contribution is -2.14. The standard InChI is InChI=1S/C29H21FN2O3/c30-26-10-4-6-20(15-26)13-19-5-3-9-22(14-19)28(33)32-27-12-11-23(29(34)35)17-25(27)16-21-7-1-2-8-24(21)18-31/h1-12,14-15,17H,13,16H2,(H,32,33)(H,34,35). The number of benzene rings is 4. The second kappa shape index (κ2) is 10.4. The van der Waals surface area contributed by atoms with Crippen LogP contribution in [0.25, 0.3) is 0 Å². The van der Waals surface area contributed by atoms with E-state index < -0.39 is 5.97 Å². The molecule has 0 unspecified atom stereocenters. The Morgan fingerprint density at radius 2 is 1.54 bits per heavy atom. The predicted octanol–water partition coefficient (Wildman–Crippen LogP) is 5.83. The lowest BCUT2D eigenvalue weighted by molar-refractivity contribution is 0.0696. The summed E-state index contributed by atoms with van der Waals surface area (Å²) in [6, 6.07) is 27.1. The number of carboxylic acid groups (broad SMARTS) is 1. The Labute approximate surface area is 202 Å². The molecule has 6 heteroatoms. The molecule has 5 nitrogen and oxygen atoms in total. The first-order chi connectivity index (χ1) is 16.9. The van der Waals surface area contributed by atoms with E-state index in [1.807, 2.05) is 12.1 Å². The van der Waals surface area contributed by atoms with Gasteiger partial charge in [0, 0.05) is 17.7 Å². The zero-order valence-electron chi connectivity index (χ0n) is 18.7. The molecule has 4 aromatic rings. The summed E-state index contributed by atoms with van der Waals surface area (Å²) in [5, 5.41) is 21.7.